The number of nitrogens with zero attached hydrogens (tertiary/aromatic N) is 2. The van der Waals surface area contributed by atoms with Gasteiger partial charge in [-0.1, -0.05) is 41.1 Å². The number of amides is 1. The van der Waals surface area contributed by atoms with E-state index in [9.17, 15) is 4.79 Å². The van der Waals surface area contributed by atoms with Gasteiger partial charge in [-0.05, 0) is 48.0 Å². The highest BCUT2D eigenvalue weighted by Crippen LogP contribution is 2.21. The molecule has 1 amide bonds. The monoisotopic (exact) mass is 385 g/mol. The molecule has 1 heterocycles. The van der Waals surface area contributed by atoms with Gasteiger partial charge in [0.15, 0.2) is 0 Å². The summed E-state index contributed by atoms with van der Waals surface area (Å²) in [5.74, 6) is 0.674. The average Bonchev–Trinajstić information content (AvgIpc) is 3.05. The number of hydrogen-bond acceptors (Lipinski definition) is 4. The van der Waals surface area contributed by atoms with Crippen molar-refractivity contribution in [2.75, 3.05) is 0 Å². The Labute approximate surface area is 148 Å². The van der Waals surface area contributed by atoms with E-state index in [2.05, 4.69) is 31.4 Å². The predicted molar refractivity (Wildman–Crippen MR) is 94.5 cm³/mol. The van der Waals surface area contributed by atoms with Crippen molar-refractivity contribution in [3.8, 4) is 11.4 Å². The molecule has 1 aromatic heterocycles. The molecule has 0 bridgehead atoms. The zero-order chi connectivity index (χ0) is 17.1. The fourth-order valence-corrected chi connectivity index (χ4v) is 2.76. The fraction of sp³-hybridized carbons (Fsp3) is 0.167. The number of hydrogen-bond donors (Lipinski definition) is 1. The fourth-order valence-electron chi connectivity index (χ4n) is 2.29. The molecule has 0 spiro atoms. The molecule has 1 unspecified atom stereocenters. The summed E-state index contributed by atoms with van der Waals surface area (Å²) in [6.45, 7) is 3.81. The molecule has 0 saturated carbocycles. The Balaban J connectivity index is 1.75. The molecule has 2 aromatic carbocycles. The molecule has 0 aliphatic carbocycles. The third-order valence-electron chi connectivity index (χ3n) is 3.55. The maximum absolute atomic E-state index is 12.3. The highest BCUT2D eigenvalue weighted by Gasteiger charge is 2.19. The molecule has 24 heavy (non-hydrogen) atoms. The minimum absolute atomic E-state index is 0.203. The lowest BCUT2D eigenvalue weighted by Gasteiger charge is -2.10. The van der Waals surface area contributed by atoms with Gasteiger partial charge in [-0.2, -0.15) is 4.98 Å². The van der Waals surface area contributed by atoms with Crippen LogP contribution in [0.25, 0.3) is 11.4 Å². The van der Waals surface area contributed by atoms with E-state index in [-0.39, 0.29) is 5.91 Å². The predicted octanol–water partition coefficient (Wildman–Crippen LogP) is 4.30. The molecule has 3 aromatic rings. The van der Waals surface area contributed by atoms with E-state index >= 15 is 0 Å². The first-order valence-corrected chi connectivity index (χ1v) is 8.30. The Kier molecular flexibility index (Phi) is 4.76. The van der Waals surface area contributed by atoms with Crippen molar-refractivity contribution in [2.24, 2.45) is 0 Å². The molecule has 0 saturated heterocycles. The van der Waals surface area contributed by atoms with Gasteiger partial charge in [0.1, 0.15) is 6.04 Å². The lowest BCUT2D eigenvalue weighted by Crippen LogP contribution is -2.27. The number of rotatable bonds is 4. The topological polar surface area (TPSA) is 68.0 Å². The minimum Gasteiger partial charge on any atom is -0.340 e. The Hall–Kier alpha value is -2.47. The van der Waals surface area contributed by atoms with Gasteiger partial charge in [-0.3, -0.25) is 4.79 Å². The lowest BCUT2D eigenvalue weighted by atomic mass is 10.1. The largest absolute Gasteiger partial charge is 0.340 e. The van der Waals surface area contributed by atoms with Gasteiger partial charge in [0.05, 0.1) is 5.56 Å². The van der Waals surface area contributed by atoms with Crippen molar-refractivity contribution in [3.05, 3.63) is 70.0 Å². The zero-order valence-electron chi connectivity index (χ0n) is 13.3. The van der Waals surface area contributed by atoms with Crippen molar-refractivity contribution in [3.63, 3.8) is 0 Å². The summed E-state index contributed by atoms with van der Waals surface area (Å²) >= 11 is 3.37. The van der Waals surface area contributed by atoms with Crippen LogP contribution in [0.15, 0.2) is 57.5 Å². The van der Waals surface area contributed by atoms with Gasteiger partial charge in [0.25, 0.3) is 5.91 Å². The Bertz CT molecular complexity index is 876. The van der Waals surface area contributed by atoms with E-state index in [1.165, 1.54) is 0 Å². The second-order valence-electron chi connectivity index (χ2n) is 5.50. The molecule has 122 valence electrons. The molecule has 6 heteroatoms. The van der Waals surface area contributed by atoms with Crippen LogP contribution in [-0.2, 0) is 0 Å². The summed E-state index contributed by atoms with van der Waals surface area (Å²) in [5.41, 5.74) is 2.56. The summed E-state index contributed by atoms with van der Waals surface area (Å²) in [6, 6.07) is 14.7. The minimum atomic E-state index is -0.393. The summed E-state index contributed by atoms with van der Waals surface area (Å²) in [7, 11) is 0. The van der Waals surface area contributed by atoms with Crippen molar-refractivity contribution in [1.82, 2.24) is 15.5 Å². The molecule has 5 nitrogen and oxygen atoms in total. The van der Waals surface area contributed by atoms with Crippen LogP contribution in [0.4, 0.5) is 0 Å². The van der Waals surface area contributed by atoms with Crippen LogP contribution in [0.1, 0.15) is 34.8 Å². The first-order valence-electron chi connectivity index (χ1n) is 7.50. The molecular formula is C18H16BrN3O2. The van der Waals surface area contributed by atoms with Crippen molar-refractivity contribution >= 4 is 21.8 Å². The van der Waals surface area contributed by atoms with Crippen molar-refractivity contribution in [1.29, 1.82) is 0 Å². The standard InChI is InChI=1S/C18H16BrN3O2/c1-11-6-5-7-13(10-11)16-21-18(24-22-16)12(2)20-17(23)14-8-3-4-9-15(14)19/h3-10,12H,1-2H3,(H,20,23). The molecular weight excluding hydrogens is 370 g/mol. The highest BCUT2D eigenvalue weighted by molar-refractivity contribution is 9.10. The van der Waals surface area contributed by atoms with Crippen LogP contribution in [0, 0.1) is 6.92 Å². The summed E-state index contributed by atoms with van der Waals surface area (Å²) in [4.78, 5) is 16.7. The highest BCUT2D eigenvalue weighted by atomic mass is 79.9. The van der Waals surface area contributed by atoms with Crippen LogP contribution < -0.4 is 5.32 Å². The smallest absolute Gasteiger partial charge is 0.253 e. The van der Waals surface area contributed by atoms with E-state index in [1.54, 1.807) is 6.07 Å². The van der Waals surface area contributed by atoms with Gasteiger partial charge < -0.3 is 9.84 Å². The van der Waals surface area contributed by atoms with Crippen molar-refractivity contribution < 1.29 is 9.32 Å². The van der Waals surface area contributed by atoms with Gasteiger partial charge in [0.2, 0.25) is 11.7 Å². The van der Waals surface area contributed by atoms with Gasteiger partial charge in [-0.15, -0.1) is 0 Å². The van der Waals surface area contributed by atoms with E-state index in [4.69, 9.17) is 4.52 Å². The van der Waals surface area contributed by atoms with Crippen LogP contribution in [0.2, 0.25) is 0 Å². The number of aryl methyl sites for hydroxylation is 1. The van der Waals surface area contributed by atoms with E-state index in [1.807, 2.05) is 56.3 Å². The molecule has 3 rings (SSSR count). The number of carbonyl (C=O) groups is 1. The first-order chi connectivity index (χ1) is 11.5. The maximum atomic E-state index is 12.3. The van der Waals surface area contributed by atoms with Gasteiger partial charge in [-0.25, -0.2) is 0 Å². The quantitative estimate of drug-likeness (QED) is 0.726. The van der Waals surface area contributed by atoms with E-state index < -0.39 is 6.04 Å². The Morgan fingerprint density at radius 3 is 2.75 bits per heavy atom. The number of aromatic nitrogens is 2. The molecule has 0 radical (unpaired) electrons. The molecule has 0 aliphatic rings. The second-order valence-corrected chi connectivity index (χ2v) is 6.36. The summed E-state index contributed by atoms with van der Waals surface area (Å²) in [6.07, 6.45) is 0. The van der Waals surface area contributed by atoms with Crippen LogP contribution in [-0.4, -0.2) is 16.0 Å². The zero-order valence-corrected chi connectivity index (χ0v) is 14.9. The molecule has 1 atom stereocenters. The van der Waals surface area contributed by atoms with Crippen LogP contribution in [0.3, 0.4) is 0 Å². The molecule has 0 fully saturated rings. The molecule has 1 N–H and O–H groups in total. The number of nitrogens with one attached hydrogen (secondary N) is 1. The average molecular weight is 386 g/mol. The normalized spacial score (nSPS) is 12.0. The number of carbonyl (C=O) groups excluding carboxylic acids is 1. The number of halogens is 1. The van der Waals surface area contributed by atoms with Gasteiger partial charge >= 0.3 is 0 Å². The second kappa shape index (κ2) is 6.97. The summed E-state index contributed by atoms with van der Waals surface area (Å²) < 4.78 is 6.04. The Morgan fingerprint density at radius 1 is 1.21 bits per heavy atom. The van der Waals surface area contributed by atoms with Crippen LogP contribution >= 0.6 is 15.9 Å². The maximum Gasteiger partial charge on any atom is 0.253 e. The van der Waals surface area contributed by atoms with Gasteiger partial charge in [0, 0.05) is 10.0 Å². The Morgan fingerprint density at radius 2 is 2.00 bits per heavy atom. The molecule has 0 aliphatic heterocycles. The summed E-state index contributed by atoms with van der Waals surface area (Å²) in [5, 5.41) is 6.86. The third kappa shape index (κ3) is 3.54. The van der Waals surface area contributed by atoms with E-state index in [0.717, 1.165) is 15.6 Å². The van der Waals surface area contributed by atoms with Crippen molar-refractivity contribution in [2.45, 2.75) is 19.9 Å². The third-order valence-corrected chi connectivity index (χ3v) is 4.25. The number of benzene rings is 2. The lowest BCUT2D eigenvalue weighted by molar-refractivity contribution is 0.0931. The van der Waals surface area contributed by atoms with E-state index in [0.29, 0.717) is 17.3 Å². The van der Waals surface area contributed by atoms with Crippen LogP contribution in [0.5, 0.6) is 0 Å². The first kappa shape index (κ1) is 16.4. The SMILES string of the molecule is Cc1cccc(-c2noc(C(C)NC(=O)c3ccccc3Br)n2)c1.